The number of nitrogens with zero attached hydrogens (tertiary/aromatic N) is 4. The molecular formula is C20H16N4. The maximum atomic E-state index is 4.88. The van der Waals surface area contributed by atoms with Crippen molar-refractivity contribution in [3.05, 3.63) is 66.6 Å². The van der Waals surface area contributed by atoms with Crippen LogP contribution in [0.5, 0.6) is 0 Å². The third kappa shape index (κ3) is 1.96. The highest BCUT2D eigenvalue weighted by molar-refractivity contribution is 5.98. The van der Waals surface area contributed by atoms with E-state index in [1.54, 1.807) is 0 Å². The molecule has 1 aliphatic heterocycles. The molecule has 116 valence electrons. The highest BCUT2D eigenvalue weighted by Gasteiger charge is 2.25. The summed E-state index contributed by atoms with van der Waals surface area (Å²) in [5, 5.41) is 6.04. The third-order valence-electron chi connectivity index (χ3n) is 4.66. The third-order valence-corrected chi connectivity index (χ3v) is 4.66. The molecule has 0 saturated carbocycles. The lowest BCUT2D eigenvalue weighted by atomic mass is 9.96. The summed E-state index contributed by atoms with van der Waals surface area (Å²) in [5.74, 6) is 0. The number of aromatic nitrogens is 4. The Morgan fingerprint density at radius 3 is 2.75 bits per heavy atom. The quantitative estimate of drug-likeness (QED) is 0.559. The molecule has 0 unspecified atom stereocenters. The van der Waals surface area contributed by atoms with Gasteiger partial charge in [-0.2, -0.15) is 5.10 Å². The molecule has 4 nitrogen and oxygen atoms in total. The predicted octanol–water partition coefficient (Wildman–Crippen LogP) is 4.11. The van der Waals surface area contributed by atoms with Crippen LogP contribution >= 0.6 is 0 Å². The fourth-order valence-corrected chi connectivity index (χ4v) is 3.62. The number of fused-ring (bicyclic) bond motifs is 2. The minimum atomic E-state index is 0.926. The van der Waals surface area contributed by atoms with E-state index in [-0.39, 0.29) is 0 Å². The molecule has 3 aromatic heterocycles. The van der Waals surface area contributed by atoms with Crippen molar-refractivity contribution in [3.63, 3.8) is 0 Å². The molecule has 0 spiro atoms. The molecule has 4 heterocycles. The van der Waals surface area contributed by atoms with Crippen LogP contribution in [-0.4, -0.2) is 19.7 Å². The highest BCUT2D eigenvalue weighted by atomic mass is 15.3. The molecular weight excluding hydrogens is 296 g/mol. The summed E-state index contributed by atoms with van der Waals surface area (Å²) in [6.45, 7) is 0.984. The number of hydrogen-bond donors (Lipinski definition) is 0. The SMILES string of the molecule is c1ccc(-c2nn3c(c2-c2cccc4ncccc24)CCC3)nc1. The summed E-state index contributed by atoms with van der Waals surface area (Å²) < 4.78 is 2.15. The van der Waals surface area contributed by atoms with Crippen molar-refractivity contribution in [3.8, 4) is 22.5 Å². The van der Waals surface area contributed by atoms with Gasteiger partial charge in [0, 0.05) is 35.6 Å². The average molecular weight is 312 g/mol. The molecule has 0 bridgehead atoms. The zero-order chi connectivity index (χ0) is 15.9. The minimum absolute atomic E-state index is 0.926. The topological polar surface area (TPSA) is 43.6 Å². The van der Waals surface area contributed by atoms with Gasteiger partial charge in [0.25, 0.3) is 0 Å². The zero-order valence-corrected chi connectivity index (χ0v) is 13.2. The monoisotopic (exact) mass is 312 g/mol. The molecule has 0 N–H and O–H groups in total. The molecule has 0 radical (unpaired) electrons. The average Bonchev–Trinajstić information content (AvgIpc) is 3.23. The number of benzene rings is 1. The van der Waals surface area contributed by atoms with Crippen molar-refractivity contribution in [2.24, 2.45) is 0 Å². The van der Waals surface area contributed by atoms with Crippen LogP contribution in [0.3, 0.4) is 0 Å². The molecule has 0 aliphatic carbocycles. The van der Waals surface area contributed by atoms with Crippen molar-refractivity contribution in [1.29, 1.82) is 0 Å². The first-order valence-electron chi connectivity index (χ1n) is 8.27. The predicted molar refractivity (Wildman–Crippen MR) is 94.5 cm³/mol. The Bertz CT molecular complexity index is 1030. The summed E-state index contributed by atoms with van der Waals surface area (Å²) in [6.07, 6.45) is 5.88. The van der Waals surface area contributed by atoms with E-state index in [1.165, 1.54) is 22.2 Å². The summed E-state index contributed by atoms with van der Waals surface area (Å²) in [7, 11) is 0. The standard InChI is InChI=1S/C20H16N4/c1-2-11-22-17(8-1)20-19(18-10-5-13-24(18)23-20)15-6-3-9-16-14(15)7-4-12-21-16/h1-4,6-9,11-12H,5,10,13H2. The molecule has 4 aromatic rings. The Hall–Kier alpha value is -3.01. The molecule has 0 fully saturated rings. The molecule has 1 aromatic carbocycles. The Labute approximate surface area is 139 Å². The van der Waals surface area contributed by atoms with Crippen molar-refractivity contribution in [2.45, 2.75) is 19.4 Å². The normalized spacial score (nSPS) is 13.3. The van der Waals surface area contributed by atoms with E-state index >= 15 is 0 Å². The van der Waals surface area contributed by atoms with E-state index in [2.05, 4.69) is 38.9 Å². The van der Waals surface area contributed by atoms with Crippen molar-refractivity contribution in [1.82, 2.24) is 19.7 Å². The van der Waals surface area contributed by atoms with Gasteiger partial charge >= 0.3 is 0 Å². The summed E-state index contributed by atoms with van der Waals surface area (Å²) >= 11 is 0. The summed E-state index contributed by atoms with van der Waals surface area (Å²) in [4.78, 5) is 9.04. The minimum Gasteiger partial charge on any atom is -0.268 e. The Kier molecular flexibility index (Phi) is 2.95. The lowest BCUT2D eigenvalue weighted by Crippen LogP contribution is -1.94. The van der Waals surface area contributed by atoms with Crippen molar-refractivity contribution >= 4 is 10.9 Å². The van der Waals surface area contributed by atoms with E-state index in [1.807, 2.05) is 36.7 Å². The first kappa shape index (κ1) is 13.4. The van der Waals surface area contributed by atoms with E-state index in [9.17, 15) is 0 Å². The fraction of sp³-hybridized carbons (Fsp3) is 0.150. The van der Waals surface area contributed by atoms with Gasteiger partial charge < -0.3 is 0 Å². The van der Waals surface area contributed by atoms with Gasteiger partial charge in [-0.15, -0.1) is 0 Å². The Morgan fingerprint density at radius 2 is 1.83 bits per heavy atom. The smallest absolute Gasteiger partial charge is 0.119 e. The largest absolute Gasteiger partial charge is 0.268 e. The second-order valence-corrected chi connectivity index (χ2v) is 6.09. The Morgan fingerprint density at radius 1 is 0.875 bits per heavy atom. The molecule has 24 heavy (non-hydrogen) atoms. The van der Waals surface area contributed by atoms with E-state index in [0.29, 0.717) is 0 Å². The first-order chi connectivity index (χ1) is 11.9. The highest BCUT2D eigenvalue weighted by Crippen LogP contribution is 2.39. The van der Waals surface area contributed by atoms with Gasteiger partial charge in [-0.3, -0.25) is 14.6 Å². The maximum absolute atomic E-state index is 4.88. The van der Waals surface area contributed by atoms with Crippen LogP contribution < -0.4 is 0 Å². The van der Waals surface area contributed by atoms with Gasteiger partial charge in [0.15, 0.2) is 0 Å². The number of hydrogen-bond acceptors (Lipinski definition) is 3. The second kappa shape index (κ2) is 5.27. The van der Waals surface area contributed by atoms with Gasteiger partial charge in [0.05, 0.1) is 11.2 Å². The van der Waals surface area contributed by atoms with Crippen LogP contribution in [0.15, 0.2) is 60.9 Å². The molecule has 0 atom stereocenters. The van der Waals surface area contributed by atoms with Crippen LogP contribution in [-0.2, 0) is 13.0 Å². The van der Waals surface area contributed by atoms with Gasteiger partial charge in [-0.05, 0) is 42.7 Å². The number of rotatable bonds is 2. The number of pyridine rings is 2. The van der Waals surface area contributed by atoms with Gasteiger partial charge in [-0.25, -0.2) is 0 Å². The van der Waals surface area contributed by atoms with Crippen molar-refractivity contribution < 1.29 is 0 Å². The molecule has 0 saturated heterocycles. The summed E-state index contributed by atoms with van der Waals surface area (Å²) in [6, 6.07) is 16.4. The van der Waals surface area contributed by atoms with Gasteiger partial charge in [0.1, 0.15) is 5.69 Å². The van der Waals surface area contributed by atoms with Gasteiger partial charge in [-0.1, -0.05) is 24.3 Å². The van der Waals surface area contributed by atoms with Gasteiger partial charge in [0.2, 0.25) is 0 Å². The van der Waals surface area contributed by atoms with Crippen molar-refractivity contribution in [2.75, 3.05) is 0 Å². The van der Waals surface area contributed by atoms with Crippen LogP contribution in [0, 0.1) is 0 Å². The molecule has 1 aliphatic rings. The molecule has 4 heteroatoms. The van der Waals surface area contributed by atoms with E-state index in [4.69, 9.17) is 5.10 Å². The van der Waals surface area contributed by atoms with Crippen LogP contribution in [0.2, 0.25) is 0 Å². The fourth-order valence-electron chi connectivity index (χ4n) is 3.62. The lowest BCUT2D eigenvalue weighted by molar-refractivity contribution is 0.658. The van der Waals surface area contributed by atoms with E-state index in [0.717, 1.165) is 36.3 Å². The lowest BCUT2D eigenvalue weighted by Gasteiger charge is -2.08. The summed E-state index contributed by atoms with van der Waals surface area (Å²) in [5.41, 5.74) is 6.64. The molecule has 5 rings (SSSR count). The Balaban J connectivity index is 1.84. The molecule has 0 amide bonds. The maximum Gasteiger partial charge on any atom is 0.119 e. The number of aryl methyl sites for hydroxylation is 1. The zero-order valence-electron chi connectivity index (χ0n) is 13.2. The van der Waals surface area contributed by atoms with E-state index < -0.39 is 0 Å². The second-order valence-electron chi connectivity index (χ2n) is 6.09. The van der Waals surface area contributed by atoms with Crippen LogP contribution in [0.1, 0.15) is 12.1 Å². The van der Waals surface area contributed by atoms with Crippen LogP contribution in [0.4, 0.5) is 0 Å². The van der Waals surface area contributed by atoms with Crippen LogP contribution in [0.25, 0.3) is 33.4 Å². The first-order valence-corrected chi connectivity index (χ1v) is 8.27.